The van der Waals surface area contributed by atoms with E-state index < -0.39 is 0 Å². The van der Waals surface area contributed by atoms with Crippen LogP contribution in [0.1, 0.15) is 5.69 Å². The van der Waals surface area contributed by atoms with Crippen LogP contribution in [0.4, 0.5) is 0 Å². The summed E-state index contributed by atoms with van der Waals surface area (Å²) in [6.07, 6.45) is 1.32. The van der Waals surface area contributed by atoms with Gasteiger partial charge in [0.05, 0.1) is 6.20 Å². The highest BCUT2D eigenvalue weighted by Crippen LogP contribution is 1.95. The van der Waals surface area contributed by atoms with Crippen LogP contribution in [0, 0.1) is 12.1 Å². The molecule has 0 bridgehead atoms. The van der Waals surface area contributed by atoms with Crippen molar-refractivity contribution in [3.8, 4) is 0 Å². The second-order valence-corrected chi connectivity index (χ2v) is 2.00. The molecule has 0 saturated heterocycles. The zero-order valence-corrected chi connectivity index (χ0v) is 6.82. The molecule has 1 aromatic heterocycles. The van der Waals surface area contributed by atoms with Crippen LogP contribution in [0.3, 0.4) is 0 Å². The Bertz CT molecular complexity index is 229. The van der Waals surface area contributed by atoms with Crippen molar-refractivity contribution in [2.24, 2.45) is 0 Å². The van der Waals surface area contributed by atoms with Crippen LogP contribution in [0.25, 0.3) is 0 Å². The highest BCUT2D eigenvalue weighted by Gasteiger charge is 2.01. The Hall–Kier alpha value is -0.540. The van der Waals surface area contributed by atoms with Crippen molar-refractivity contribution in [2.45, 2.75) is 6.92 Å². The monoisotopic (exact) mass is 180 g/mol. The number of nitrogens with zero attached hydrogens (tertiary/aromatic N) is 2. The summed E-state index contributed by atoms with van der Waals surface area (Å²) in [6, 6.07) is 1.60. The maximum atomic E-state index is 10.5. The molecule has 0 atom stereocenters. The molecule has 0 fully saturated rings. The SMILES string of the molecule is Cc1cc[n+]([O-])c(Cl)n1.Cl. The average Bonchev–Trinajstić information content (AvgIpc) is 1.80. The predicted octanol–water partition coefficient (Wildman–Crippen LogP) is 1.10. The highest BCUT2D eigenvalue weighted by molar-refractivity contribution is 6.27. The number of rotatable bonds is 0. The molecule has 1 heterocycles. The average molecular weight is 181 g/mol. The molecule has 0 spiro atoms. The quantitative estimate of drug-likeness (QED) is 0.341. The zero-order valence-electron chi connectivity index (χ0n) is 5.24. The minimum Gasteiger partial charge on any atom is -0.710 e. The molecule has 3 nitrogen and oxygen atoms in total. The topological polar surface area (TPSA) is 39.8 Å². The summed E-state index contributed by atoms with van der Waals surface area (Å²) >= 11 is 5.35. The van der Waals surface area contributed by atoms with E-state index in [4.69, 9.17) is 11.6 Å². The lowest BCUT2D eigenvalue weighted by Gasteiger charge is -1.97. The van der Waals surface area contributed by atoms with E-state index in [1.807, 2.05) is 0 Å². The summed E-state index contributed by atoms with van der Waals surface area (Å²) in [4.78, 5) is 3.69. The van der Waals surface area contributed by atoms with E-state index in [1.165, 1.54) is 6.20 Å². The van der Waals surface area contributed by atoms with Crippen LogP contribution in [0.5, 0.6) is 0 Å². The molecule has 0 saturated carbocycles. The third-order valence-electron chi connectivity index (χ3n) is 0.902. The molecule has 1 rings (SSSR count). The van der Waals surface area contributed by atoms with Gasteiger partial charge in [-0.1, -0.05) is 0 Å². The Kier molecular flexibility index (Phi) is 3.39. The largest absolute Gasteiger partial charge is 0.710 e. The maximum absolute atomic E-state index is 10.5. The van der Waals surface area contributed by atoms with Gasteiger partial charge in [-0.2, -0.15) is 0 Å². The molecular formula is C5H6Cl2N2O. The van der Waals surface area contributed by atoms with Gasteiger partial charge >= 0.3 is 5.28 Å². The molecule has 0 amide bonds. The van der Waals surface area contributed by atoms with E-state index in [0.29, 0.717) is 4.73 Å². The molecule has 1 aromatic rings. The molecule has 0 aliphatic heterocycles. The molecule has 0 unspecified atom stereocenters. The standard InChI is InChI=1S/C5H5ClN2O.ClH/c1-4-2-3-8(9)5(6)7-4;/h2-3H,1H3;1H. The first-order valence-electron chi connectivity index (χ1n) is 2.42. The van der Waals surface area contributed by atoms with Crippen molar-refractivity contribution >= 4 is 24.0 Å². The Morgan fingerprint density at radius 3 is 2.70 bits per heavy atom. The third-order valence-corrected chi connectivity index (χ3v) is 1.15. The summed E-state index contributed by atoms with van der Waals surface area (Å²) < 4.78 is 0.508. The van der Waals surface area contributed by atoms with Gasteiger partial charge in [0.25, 0.3) is 0 Å². The molecule has 0 aliphatic rings. The summed E-state index contributed by atoms with van der Waals surface area (Å²) in [5.74, 6) is 0. The van der Waals surface area contributed by atoms with Gasteiger partial charge < -0.3 is 5.21 Å². The molecule has 5 heteroatoms. The molecular weight excluding hydrogens is 175 g/mol. The minimum atomic E-state index is -0.0324. The van der Waals surface area contributed by atoms with E-state index in [-0.39, 0.29) is 17.7 Å². The van der Waals surface area contributed by atoms with Crippen LogP contribution in [0.2, 0.25) is 5.28 Å². The number of hydrogen-bond donors (Lipinski definition) is 0. The fourth-order valence-corrected chi connectivity index (χ4v) is 0.659. The van der Waals surface area contributed by atoms with E-state index in [0.717, 1.165) is 5.69 Å². The molecule has 56 valence electrons. The molecule has 0 radical (unpaired) electrons. The molecule has 0 N–H and O–H groups in total. The Balaban J connectivity index is 0.000000810. The van der Waals surface area contributed by atoms with Crippen LogP contribution in [-0.4, -0.2) is 4.98 Å². The smallest absolute Gasteiger partial charge is 0.399 e. The van der Waals surface area contributed by atoms with E-state index in [2.05, 4.69) is 4.98 Å². The number of aromatic nitrogens is 2. The molecule has 0 aliphatic carbocycles. The number of aryl methyl sites for hydroxylation is 1. The lowest BCUT2D eigenvalue weighted by Crippen LogP contribution is -2.27. The van der Waals surface area contributed by atoms with Gasteiger partial charge in [0, 0.05) is 24.6 Å². The van der Waals surface area contributed by atoms with Crippen molar-refractivity contribution in [1.82, 2.24) is 4.98 Å². The van der Waals surface area contributed by atoms with Crippen LogP contribution in [0.15, 0.2) is 12.3 Å². The normalized spacial score (nSPS) is 8.60. The summed E-state index contributed by atoms with van der Waals surface area (Å²) in [5, 5.41) is 10.5. The van der Waals surface area contributed by atoms with Crippen molar-refractivity contribution in [3.63, 3.8) is 0 Å². The lowest BCUT2D eigenvalue weighted by molar-refractivity contribution is -0.606. The Morgan fingerprint density at radius 1 is 1.70 bits per heavy atom. The first kappa shape index (κ1) is 9.46. The van der Waals surface area contributed by atoms with Gasteiger partial charge in [0.1, 0.15) is 0 Å². The minimum absolute atomic E-state index is 0. The van der Waals surface area contributed by atoms with Gasteiger partial charge in [-0.25, -0.2) is 4.73 Å². The fourth-order valence-electron chi connectivity index (χ4n) is 0.469. The summed E-state index contributed by atoms with van der Waals surface area (Å²) in [6.45, 7) is 1.77. The summed E-state index contributed by atoms with van der Waals surface area (Å²) in [5.41, 5.74) is 0.743. The first-order valence-corrected chi connectivity index (χ1v) is 2.80. The van der Waals surface area contributed by atoms with Gasteiger partial charge in [-0.15, -0.1) is 12.4 Å². The van der Waals surface area contributed by atoms with Crippen molar-refractivity contribution in [2.75, 3.05) is 0 Å². The lowest BCUT2D eigenvalue weighted by atomic mass is 10.5. The van der Waals surface area contributed by atoms with Crippen LogP contribution >= 0.6 is 24.0 Å². The zero-order chi connectivity index (χ0) is 6.85. The first-order chi connectivity index (χ1) is 4.20. The van der Waals surface area contributed by atoms with E-state index >= 15 is 0 Å². The Morgan fingerprint density at radius 2 is 2.30 bits per heavy atom. The van der Waals surface area contributed by atoms with Crippen molar-refractivity contribution in [1.29, 1.82) is 0 Å². The van der Waals surface area contributed by atoms with Crippen molar-refractivity contribution < 1.29 is 4.73 Å². The maximum Gasteiger partial charge on any atom is 0.399 e. The summed E-state index contributed by atoms with van der Waals surface area (Å²) in [7, 11) is 0. The fraction of sp³-hybridized carbons (Fsp3) is 0.200. The molecule has 0 aromatic carbocycles. The second kappa shape index (κ2) is 3.58. The Labute approximate surface area is 69.7 Å². The van der Waals surface area contributed by atoms with Gasteiger partial charge in [-0.3, -0.25) is 0 Å². The number of halogens is 2. The van der Waals surface area contributed by atoms with Gasteiger partial charge in [0.15, 0.2) is 5.69 Å². The van der Waals surface area contributed by atoms with Gasteiger partial charge in [-0.05, 0) is 4.98 Å². The number of hydrogen-bond acceptors (Lipinski definition) is 2. The second-order valence-electron chi connectivity index (χ2n) is 1.66. The van der Waals surface area contributed by atoms with E-state index in [1.54, 1.807) is 13.0 Å². The highest BCUT2D eigenvalue weighted by atomic mass is 35.5. The molecule has 10 heavy (non-hydrogen) atoms. The van der Waals surface area contributed by atoms with Gasteiger partial charge in [0.2, 0.25) is 0 Å². The van der Waals surface area contributed by atoms with Crippen molar-refractivity contribution in [3.05, 3.63) is 28.4 Å². The predicted molar refractivity (Wildman–Crippen MR) is 40.2 cm³/mol. The van der Waals surface area contributed by atoms with Crippen LogP contribution < -0.4 is 4.73 Å². The van der Waals surface area contributed by atoms with Crippen LogP contribution in [-0.2, 0) is 0 Å². The van der Waals surface area contributed by atoms with E-state index in [9.17, 15) is 5.21 Å². The third kappa shape index (κ3) is 2.01.